The zero-order valence-electron chi connectivity index (χ0n) is 8.24. The first kappa shape index (κ1) is 9.71. The van der Waals surface area contributed by atoms with Gasteiger partial charge in [-0.1, -0.05) is 6.07 Å². The molecule has 0 N–H and O–H groups in total. The van der Waals surface area contributed by atoms with E-state index in [1.165, 1.54) is 16.8 Å². The average molecular weight is 207 g/mol. The summed E-state index contributed by atoms with van der Waals surface area (Å²) in [5.74, 6) is -0.337. The summed E-state index contributed by atoms with van der Waals surface area (Å²) in [6.45, 7) is 2.03. The van der Waals surface area contributed by atoms with Gasteiger partial charge in [0.1, 0.15) is 5.82 Å². The van der Waals surface area contributed by atoms with Crippen molar-refractivity contribution in [2.75, 3.05) is 6.61 Å². The van der Waals surface area contributed by atoms with Gasteiger partial charge in [-0.3, -0.25) is 4.57 Å². The molecule has 2 aromatic rings. The van der Waals surface area contributed by atoms with Gasteiger partial charge in [-0.2, -0.15) is 0 Å². The third-order valence-corrected chi connectivity index (χ3v) is 2.14. The molecule has 15 heavy (non-hydrogen) atoms. The highest BCUT2D eigenvalue weighted by Crippen LogP contribution is 2.18. The van der Waals surface area contributed by atoms with Crippen molar-refractivity contribution in [3.8, 4) is 0 Å². The highest BCUT2D eigenvalue weighted by molar-refractivity contribution is 5.89. The second-order valence-corrected chi connectivity index (χ2v) is 3.06. The third kappa shape index (κ3) is 1.58. The van der Waals surface area contributed by atoms with E-state index < -0.39 is 6.09 Å². The SMILES string of the molecule is CCOC(=O)n1ccc2c(F)cccc21. The Kier molecular flexibility index (Phi) is 2.41. The lowest BCUT2D eigenvalue weighted by molar-refractivity contribution is 0.155. The van der Waals surface area contributed by atoms with Crippen molar-refractivity contribution in [1.82, 2.24) is 4.57 Å². The molecule has 0 aliphatic heterocycles. The van der Waals surface area contributed by atoms with E-state index in [1.54, 1.807) is 25.1 Å². The normalized spacial score (nSPS) is 10.5. The van der Waals surface area contributed by atoms with Crippen LogP contribution in [0.25, 0.3) is 10.9 Å². The summed E-state index contributed by atoms with van der Waals surface area (Å²) in [6, 6.07) is 6.15. The molecule has 0 aliphatic carbocycles. The predicted molar refractivity (Wildman–Crippen MR) is 54.3 cm³/mol. The molecule has 78 valence electrons. The highest BCUT2D eigenvalue weighted by Gasteiger charge is 2.10. The van der Waals surface area contributed by atoms with Crippen molar-refractivity contribution < 1.29 is 13.9 Å². The van der Waals surface area contributed by atoms with Crippen molar-refractivity contribution in [3.63, 3.8) is 0 Å². The summed E-state index contributed by atoms with van der Waals surface area (Å²) < 4.78 is 19.4. The van der Waals surface area contributed by atoms with Crippen LogP contribution in [0.2, 0.25) is 0 Å². The maximum Gasteiger partial charge on any atom is 0.418 e. The smallest absolute Gasteiger partial charge is 0.418 e. The largest absolute Gasteiger partial charge is 0.449 e. The van der Waals surface area contributed by atoms with Crippen LogP contribution in [0.3, 0.4) is 0 Å². The molecule has 0 saturated heterocycles. The van der Waals surface area contributed by atoms with Crippen molar-refractivity contribution >= 4 is 17.0 Å². The maximum atomic E-state index is 13.3. The number of benzene rings is 1. The van der Waals surface area contributed by atoms with Gasteiger partial charge in [0.05, 0.1) is 12.1 Å². The molecule has 0 amide bonds. The van der Waals surface area contributed by atoms with Gasteiger partial charge < -0.3 is 4.74 Å². The lowest BCUT2D eigenvalue weighted by Gasteiger charge is -2.03. The Hall–Kier alpha value is -1.84. The average Bonchev–Trinajstić information content (AvgIpc) is 2.63. The fourth-order valence-corrected chi connectivity index (χ4v) is 1.48. The van der Waals surface area contributed by atoms with Crippen LogP contribution < -0.4 is 0 Å². The summed E-state index contributed by atoms with van der Waals surface area (Å²) in [7, 11) is 0. The lowest BCUT2D eigenvalue weighted by Crippen LogP contribution is -2.11. The molecular weight excluding hydrogens is 197 g/mol. The third-order valence-electron chi connectivity index (χ3n) is 2.14. The number of rotatable bonds is 1. The standard InChI is InChI=1S/C11H10FNO2/c1-2-15-11(14)13-7-6-8-9(12)4-3-5-10(8)13/h3-7H,2H2,1H3. The lowest BCUT2D eigenvalue weighted by atomic mass is 10.2. The van der Waals surface area contributed by atoms with Gasteiger partial charge in [0.25, 0.3) is 0 Å². The zero-order valence-corrected chi connectivity index (χ0v) is 8.24. The van der Waals surface area contributed by atoms with Gasteiger partial charge in [-0.25, -0.2) is 9.18 Å². The number of ether oxygens (including phenoxy) is 1. The summed E-state index contributed by atoms with van der Waals surface area (Å²) in [5, 5.41) is 0.422. The molecule has 2 rings (SSSR count). The Labute approximate surface area is 86.1 Å². The molecule has 0 unspecified atom stereocenters. The molecule has 0 spiro atoms. The van der Waals surface area contributed by atoms with Crippen LogP contribution in [0, 0.1) is 5.82 Å². The summed E-state index contributed by atoms with van der Waals surface area (Å²) in [4.78, 5) is 11.4. The van der Waals surface area contributed by atoms with Crippen LogP contribution in [-0.2, 0) is 4.74 Å². The molecule has 1 aromatic carbocycles. The fourth-order valence-electron chi connectivity index (χ4n) is 1.48. The molecule has 4 heteroatoms. The molecule has 0 bridgehead atoms. The minimum absolute atomic E-state index is 0.299. The van der Waals surface area contributed by atoms with Gasteiger partial charge in [-0.15, -0.1) is 0 Å². The summed E-state index contributed by atoms with van der Waals surface area (Å²) >= 11 is 0. The summed E-state index contributed by atoms with van der Waals surface area (Å²) in [5.41, 5.74) is 0.522. The van der Waals surface area contributed by atoms with E-state index in [2.05, 4.69) is 0 Å². The molecule has 1 aromatic heterocycles. The van der Waals surface area contributed by atoms with E-state index in [4.69, 9.17) is 4.74 Å². The van der Waals surface area contributed by atoms with E-state index in [0.717, 1.165) is 0 Å². The van der Waals surface area contributed by atoms with Crippen molar-refractivity contribution in [2.45, 2.75) is 6.92 Å². The second-order valence-electron chi connectivity index (χ2n) is 3.06. The predicted octanol–water partition coefficient (Wildman–Crippen LogP) is 2.79. The van der Waals surface area contributed by atoms with E-state index in [9.17, 15) is 9.18 Å². The number of hydrogen-bond acceptors (Lipinski definition) is 2. The van der Waals surface area contributed by atoms with Gasteiger partial charge in [0.15, 0.2) is 0 Å². The van der Waals surface area contributed by atoms with E-state index in [-0.39, 0.29) is 5.82 Å². The molecule has 3 nitrogen and oxygen atoms in total. The Morgan fingerprint density at radius 3 is 3.00 bits per heavy atom. The van der Waals surface area contributed by atoms with E-state index in [1.807, 2.05) is 0 Å². The monoisotopic (exact) mass is 207 g/mol. The van der Waals surface area contributed by atoms with Gasteiger partial charge in [-0.05, 0) is 25.1 Å². The number of carbonyl (C=O) groups is 1. The number of hydrogen-bond donors (Lipinski definition) is 0. The number of fused-ring (bicyclic) bond motifs is 1. The molecule has 0 saturated carbocycles. The van der Waals surface area contributed by atoms with Gasteiger partial charge >= 0.3 is 6.09 Å². The molecule has 1 heterocycles. The number of aromatic nitrogens is 1. The number of nitrogens with zero attached hydrogens (tertiary/aromatic N) is 1. The molecular formula is C11H10FNO2. The maximum absolute atomic E-state index is 13.3. The molecule has 0 aliphatic rings. The zero-order chi connectivity index (χ0) is 10.8. The van der Waals surface area contributed by atoms with Crippen LogP contribution in [0.15, 0.2) is 30.5 Å². The van der Waals surface area contributed by atoms with Gasteiger partial charge in [0, 0.05) is 11.6 Å². The van der Waals surface area contributed by atoms with Crippen LogP contribution in [0.5, 0.6) is 0 Å². The molecule has 0 atom stereocenters. The van der Waals surface area contributed by atoms with Crippen molar-refractivity contribution in [1.29, 1.82) is 0 Å². The molecule has 0 radical (unpaired) electrons. The minimum Gasteiger partial charge on any atom is -0.449 e. The van der Waals surface area contributed by atoms with Crippen LogP contribution in [0.1, 0.15) is 6.92 Å². The Balaban J connectivity index is 2.54. The van der Waals surface area contributed by atoms with Crippen LogP contribution in [0.4, 0.5) is 9.18 Å². The van der Waals surface area contributed by atoms with Gasteiger partial charge in [0.2, 0.25) is 0 Å². The topological polar surface area (TPSA) is 31.2 Å². The van der Waals surface area contributed by atoms with Crippen molar-refractivity contribution in [2.24, 2.45) is 0 Å². The second kappa shape index (κ2) is 3.73. The first-order valence-electron chi connectivity index (χ1n) is 4.66. The Morgan fingerprint density at radius 2 is 2.27 bits per heavy atom. The summed E-state index contributed by atoms with van der Waals surface area (Å²) in [6.07, 6.45) is 1.02. The number of halogens is 1. The Bertz CT molecular complexity index is 504. The van der Waals surface area contributed by atoms with E-state index >= 15 is 0 Å². The fraction of sp³-hybridized carbons (Fsp3) is 0.182. The Morgan fingerprint density at radius 1 is 1.47 bits per heavy atom. The first-order chi connectivity index (χ1) is 7.24. The highest BCUT2D eigenvalue weighted by atomic mass is 19.1. The first-order valence-corrected chi connectivity index (χ1v) is 4.66. The van der Waals surface area contributed by atoms with E-state index in [0.29, 0.717) is 17.5 Å². The number of carbonyl (C=O) groups excluding carboxylic acids is 1. The van der Waals surface area contributed by atoms with Crippen molar-refractivity contribution in [3.05, 3.63) is 36.3 Å². The quantitative estimate of drug-likeness (QED) is 0.720. The molecule has 0 fully saturated rings. The van der Waals surface area contributed by atoms with Crippen LogP contribution >= 0.6 is 0 Å². The van der Waals surface area contributed by atoms with Crippen LogP contribution in [-0.4, -0.2) is 17.3 Å². The minimum atomic E-state index is -0.488.